The number of nitrogens with one attached hydrogen (secondary N) is 2. The predicted octanol–water partition coefficient (Wildman–Crippen LogP) is 4.54. The summed E-state index contributed by atoms with van der Waals surface area (Å²) in [5.41, 5.74) is 0.675. The number of amides is 2. The maximum absolute atomic E-state index is 13.3. The van der Waals surface area contributed by atoms with E-state index in [1.165, 1.54) is 41.1 Å². The van der Waals surface area contributed by atoms with Crippen molar-refractivity contribution in [2.75, 3.05) is 10.6 Å². The highest BCUT2D eigenvalue weighted by Crippen LogP contribution is 2.35. The number of carbonyl (C=O) groups excluding carboxylic acids is 2. The molecule has 0 saturated carbocycles. The molecule has 6 nitrogen and oxygen atoms in total. The fourth-order valence-corrected chi connectivity index (χ4v) is 3.42. The van der Waals surface area contributed by atoms with Crippen molar-refractivity contribution >= 4 is 23.3 Å². The second-order valence-corrected chi connectivity index (χ2v) is 7.11. The smallest absolute Gasteiger partial charge is 0.324 e. The fraction of sp³-hybridized carbons (Fsp3) is 0.190. The number of hydrogen-bond acceptors (Lipinski definition) is 3. The van der Waals surface area contributed by atoms with Gasteiger partial charge in [-0.1, -0.05) is 6.07 Å². The van der Waals surface area contributed by atoms with Crippen molar-refractivity contribution in [1.29, 1.82) is 0 Å². The molecule has 31 heavy (non-hydrogen) atoms. The third-order valence-corrected chi connectivity index (χ3v) is 4.96. The van der Waals surface area contributed by atoms with Gasteiger partial charge in [-0.3, -0.25) is 9.59 Å². The van der Waals surface area contributed by atoms with E-state index in [9.17, 15) is 27.2 Å². The Hall–Kier alpha value is -3.69. The number of rotatable bonds is 3. The molecule has 2 amide bonds. The summed E-state index contributed by atoms with van der Waals surface area (Å²) in [6.07, 6.45) is -4.79. The molecule has 4 rings (SSSR count). The standard InChI is InChI=1S/C21H16F4N4O2/c1-11-18(12-5-7-14(22)8-6-12)28-29-16(10-17(30)27-19(11)29)20(31)26-15-4-2-3-13(9-15)21(23,24)25/h2-9,16H,10H2,1H3,(H,26,31)(H,27,30). The number of nitrogens with zero attached hydrogens (tertiary/aromatic N) is 2. The molecule has 2 heterocycles. The molecule has 0 spiro atoms. The van der Waals surface area contributed by atoms with E-state index >= 15 is 0 Å². The largest absolute Gasteiger partial charge is 0.416 e. The molecule has 3 aromatic rings. The van der Waals surface area contributed by atoms with Crippen molar-refractivity contribution in [3.05, 3.63) is 65.5 Å². The summed E-state index contributed by atoms with van der Waals surface area (Å²) in [6, 6.07) is 8.75. The Morgan fingerprint density at radius 3 is 2.58 bits per heavy atom. The van der Waals surface area contributed by atoms with Crippen molar-refractivity contribution in [2.24, 2.45) is 0 Å². The summed E-state index contributed by atoms with van der Waals surface area (Å²) in [5.74, 6) is -1.22. The Morgan fingerprint density at radius 2 is 1.90 bits per heavy atom. The number of anilines is 2. The van der Waals surface area contributed by atoms with Crippen LogP contribution in [0.25, 0.3) is 11.3 Å². The van der Waals surface area contributed by atoms with Crippen molar-refractivity contribution in [3.8, 4) is 11.3 Å². The molecule has 2 N–H and O–H groups in total. The minimum absolute atomic E-state index is 0.0463. The summed E-state index contributed by atoms with van der Waals surface area (Å²) in [4.78, 5) is 25.0. The molecule has 0 saturated heterocycles. The van der Waals surface area contributed by atoms with Gasteiger partial charge in [0.1, 0.15) is 17.7 Å². The van der Waals surface area contributed by atoms with Crippen molar-refractivity contribution in [1.82, 2.24) is 9.78 Å². The van der Waals surface area contributed by atoms with Gasteiger partial charge in [-0.15, -0.1) is 0 Å². The summed E-state index contributed by atoms with van der Waals surface area (Å²) in [5, 5.41) is 9.52. The number of carbonyl (C=O) groups is 2. The van der Waals surface area contributed by atoms with Gasteiger partial charge < -0.3 is 10.6 Å². The third-order valence-electron chi connectivity index (χ3n) is 4.96. The first-order valence-corrected chi connectivity index (χ1v) is 9.26. The first-order valence-electron chi connectivity index (χ1n) is 9.26. The van der Waals surface area contributed by atoms with Crippen LogP contribution in [0.5, 0.6) is 0 Å². The molecule has 1 aliphatic heterocycles. The average Bonchev–Trinajstić information content (AvgIpc) is 3.04. The quantitative estimate of drug-likeness (QED) is 0.597. The Balaban J connectivity index is 1.66. The lowest BCUT2D eigenvalue weighted by Crippen LogP contribution is -2.36. The number of fused-ring (bicyclic) bond motifs is 1. The average molecular weight is 432 g/mol. The topological polar surface area (TPSA) is 76.0 Å². The van der Waals surface area contributed by atoms with Crippen LogP contribution in [0.1, 0.15) is 23.6 Å². The minimum atomic E-state index is -4.55. The summed E-state index contributed by atoms with van der Waals surface area (Å²) in [7, 11) is 0. The van der Waals surface area contributed by atoms with Crippen molar-refractivity contribution < 1.29 is 27.2 Å². The van der Waals surface area contributed by atoms with Gasteiger partial charge in [0.25, 0.3) is 0 Å². The molecule has 0 bridgehead atoms. The van der Waals surface area contributed by atoms with Crippen LogP contribution in [0, 0.1) is 12.7 Å². The molecule has 0 fully saturated rings. The normalized spacial score (nSPS) is 15.9. The Labute approximate surface area is 173 Å². The SMILES string of the molecule is Cc1c(-c2ccc(F)cc2)nn2c1NC(=O)CC2C(=O)Nc1cccc(C(F)(F)F)c1. The number of hydrogen-bond donors (Lipinski definition) is 2. The first kappa shape index (κ1) is 20.6. The Kier molecular flexibility index (Phi) is 5.00. The maximum atomic E-state index is 13.3. The zero-order valence-corrected chi connectivity index (χ0v) is 16.1. The van der Waals surface area contributed by atoms with E-state index in [1.54, 1.807) is 6.92 Å². The van der Waals surface area contributed by atoms with Gasteiger partial charge in [-0.05, 0) is 49.4 Å². The second kappa shape index (κ2) is 7.53. The van der Waals surface area contributed by atoms with Crippen LogP contribution in [-0.4, -0.2) is 21.6 Å². The molecule has 1 aliphatic rings. The molecule has 2 aromatic carbocycles. The van der Waals surface area contributed by atoms with Crippen LogP contribution < -0.4 is 10.6 Å². The molecular formula is C21H16F4N4O2. The van der Waals surface area contributed by atoms with E-state index in [4.69, 9.17) is 0 Å². The first-order chi connectivity index (χ1) is 14.6. The van der Waals surface area contributed by atoms with Crippen LogP contribution >= 0.6 is 0 Å². The zero-order valence-electron chi connectivity index (χ0n) is 16.1. The Morgan fingerprint density at radius 1 is 1.19 bits per heavy atom. The van der Waals surface area contributed by atoms with E-state index < -0.39 is 35.4 Å². The predicted molar refractivity (Wildman–Crippen MR) is 105 cm³/mol. The lowest BCUT2D eigenvalue weighted by Gasteiger charge is -2.24. The van der Waals surface area contributed by atoms with Gasteiger partial charge >= 0.3 is 6.18 Å². The van der Waals surface area contributed by atoms with E-state index in [-0.39, 0.29) is 12.1 Å². The molecule has 0 radical (unpaired) electrons. The van der Waals surface area contributed by atoms with E-state index in [1.807, 2.05) is 0 Å². The van der Waals surface area contributed by atoms with Gasteiger partial charge in [0.15, 0.2) is 0 Å². The van der Waals surface area contributed by atoms with Gasteiger partial charge in [-0.2, -0.15) is 18.3 Å². The highest BCUT2D eigenvalue weighted by molar-refractivity contribution is 6.02. The van der Waals surface area contributed by atoms with Gasteiger partial charge in [0.2, 0.25) is 11.8 Å². The zero-order chi connectivity index (χ0) is 22.3. The number of benzene rings is 2. The van der Waals surface area contributed by atoms with Gasteiger partial charge in [0.05, 0.1) is 17.7 Å². The molecule has 160 valence electrons. The number of aromatic nitrogens is 2. The molecule has 1 aromatic heterocycles. The molecule has 1 unspecified atom stereocenters. The highest BCUT2D eigenvalue weighted by Gasteiger charge is 2.35. The van der Waals surface area contributed by atoms with E-state index in [0.717, 1.165) is 12.1 Å². The fourth-order valence-electron chi connectivity index (χ4n) is 3.42. The molecule has 10 heteroatoms. The molecular weight excluding hydrogens is 416 g/mol. The minimum Gasteiger partial charge on any atom is -0.324 e. The highest BCUT2D eigenvalue weighted by atomic mass is 19.4. The summed E-state index contributed by atoms with van der Waals surface area (Å²) >= 11 is 0. The van der Waals surface area contributed by atoms with Crippen molar-refractivity contribution in [2.45, 2.75) is 25.6 Å². The molecule has 1 atom stereocenters. The van der Waals surface area contributed by atoms with Gasteiger partial charge in [-0.25, -0.2) is 9.07 Å². The van der Waals surface area contributed by atoms with Gasteiger partial charge in [0, 0.05) is 16.8 Å². The van der Waals surface area contributed by atoms with Crippen LogP contribution in [0.3, 0.4) is 0 Å². The van der Waals surface area contributed by atoms with Crippen LogP contribution in [0.4, 0.5) is 29.1 Å². The van der Waals surface area contributed by atoms with Crippen LogP contribution in [-0.2, 0) is 15.8 Å². The lowest BCUT2D eigenvalue weighted by atomic mass is 10.1. The van der Waals surface area contributed by atoms with Crippen LogP contribution in [0.2, 0.25) is 0 Å². The van der Waals surface area contributed by atoms with Crippen LogP contribution in [0.15, 0.2) is 48.5 Å². The third kappa shape index (κ3) is 4.00. The monoisotopic (exact) mass is 432 g/mol. The Bertz CT molecular complexity index is 1170. The molecule has 0 aliphatic carbocycles. The van der Waals surface area contributed by atoms with E-state index in [2.05, 4.69) is 15.7 Å². The maximum Gasteiger partial charge on any atom is 0.416 e. The van der Waals surface area contributed by atoms with Crippen molar-refractivity contribution in [3.63, 3.8) is 0 Å². The number of halogens is 4. The second-order valence-electron chi connectivity index (χ2n) is 7.11. The lowest BCUT2D eigenvalue weighted by molar-refractivity contribution is -0.137. The van der Waals surface area contributed by atoms with E-state index in [0.29, 0.717) is 22.6 Å². The summed E-state index contributed by atoms with van der Waals surface area (Å²) in [6.45, 7) is 1.70. The number of alkyl halides is 3. The summed E-state index contributed by atoms with van der Waals surface area (Å²) < 4.78 is 53.4.